The number of aryl methyl sites for hydroxylation is 2. The van der Waals surface area contributed by atoms with Crippen molar-refractivity contribution >= 4 is 15.9 Å². The van der Waals surface area contributed by atoms with E-state index in [9.17, 15) is 13.2 Å². The molecule has 0 aliphatic carbocycles. The molecule has 1 aromatic carbocycles. The van der Waals surface area contributed by atoms with Gasteiger partial charge < -0.3 is 9.80 Å². The van der Waals surface area contributed by atoms with Gasteiger partial charge in [0, 0.05) is 26.2 Å². The molecule has 128 valence electrons. The summed E-state index contributed by atoms with van der Waals surface area (Å²) >= 11 is 0. The molecular formula is C16H25N3O3S. The monoisotopic (exact) mass is 339 g/mol. The molecule has 1 heterocycles. The van der Waals surface area contributed by atoms with Crippen molar-refractivity contribution in [2.75, 3.05) is 39.3 Å². The van der Waals surface area contributed by atoms with Gasteiger partial charge in [-0.05, 0) is 43.7 Å². The summed E-state index contributed by atoms with van der Waals surface area (Å²) in [4.78, 5) is 16.4. The lowest BCUT2D eigenvalue weighted by molar-refractivity contribution is -0.131. The van der Waals surface area contributed by atoms with Gasteiger partial charge in [-0.3, -0.25) is 4.79 Å². The topological polar surface area (TPSA) is 69.7 Å². The average Bonchev–Trinajstić information content (AvgIpc) is 2.55. The van der Waals surface area contributed by atoms with E-state index in [1.54, 1.807) is 23.1 Å². The summed E-state index contributed by atoms with van der Waals surface area (Å²) in [5, 5.41) is 0. The van der Waals surface area contributed by atoms with Crippen LogP contribution in [-0.2, 0) is 14.8 Å². The molecule has 1 saturated heterocycles. The highest BCUT2D eigenvalue weighted by atomic mass is 32.2. The van der Waals surface area contributed by atoms with Crippen molar-refractivity contribution in [3.63, 3.8) is 0 Å². The molecule has 6 nitrogen and oxygen atoms in total. The number of carbonyl (C=O) groups is 1. The summed E-state index contributed by atoms with van der Waals surface area (Å²) in [6.45, 7) is 9.65. The van der Waals surface area contributed by atoms with Crippen molar-refractivity contribution in [2.45, 2.75) is 25.7 Å². The Morgan fingerprint density at radius 3 is 2.35 bits per heavy atom. The quantitative estimate of drug-likeness (QED) is 0.859. The number of hydrogen-bond donors (Lipinski definition) is 1. The molecule has 2 rings (SSSR count). The van der Waals surface area contributed by atoms with E-state index in [0.717, 1.165) is 30.8 Å². The van der Waals surface area contributed by atoms with Crippen molar-refractivity contribution in [1.82, 2.24) is 14.5 Å². The van der Waals surface area contributed by atoms with Crippen LogP contribution in [0.25, 0.3) is 0 Å². The summed E-state index contributed by atoms with van der Waals surface area (Å²) in [7, 11) is -3.66. The zero-order valence-electron chi connectivity index (χ0n) is 14.0. The summed E-state index contributed by atoms with van der Waals surface area (Å²) < 4.78 is 27.0. The maximum atomic E-state index is 12.3. The van der Waals surface area contributed by atoms with Crippen LogP contribution >= 0.6 is 0 Å². The second-order valence-electron chi connectivity index (χ2n) is 5.89. The Morgan fingerprint density at radius 2 is 1.78 bits per heavy atom. The van der Waals surface area contributed by atoms with E-state index in [1.165, 1.54) is 0 Å². The van der Waals surface area contributed by atoms with Crippen LogP contribution in [0.3, 0.4) is 0 Å². The van der Waals surface area contributed by atoms with Crippen LogP contribution in [0, 0.1) is 13.8 Å². The molecule has 0 spiro atoms. The highest BCUT2D eigenvalue weighted by molar-refractivity contribution is 7.89. The van der Waals surface area contributed by atoms with Crippen molar-refractivity contribution in [3.8, 4) is 0 Å². The predicted octanol–water partition coefficient (Wildman–Crippen LogP) is 0.746. The summed E-state index contributed by atoms with van der Waals surface area (Å²) in [5.41, 5.74) is 1.95. The highest BCUT2D eigenvalue weighted by Crippen LogP contribution is 2.14. The number of hydrogen-bond acceptors (Lipinski definition) is 4. The number of sulfonamides is 1. The standard InChI is InChI=1S/C16H25N3O3S/c1-4-18-7-9-19(10-8-18)16(20)12-17-23(21,22)15-6-5-13(2)14(3)11-15/h5-6,11,17H,4,7-10,12H2,1-3H3. The molecule has 1 N–H and O–H groups in total. The fraction of sp³-hybridized carbons (Fsp3) is 0.562. The van der Waals surface area contributed by atoms with E-state index < -0.39 is 10.0 Å². The number of amides is 1. The highest BCUT2D eigenvalue weighted by Gasteiger charge is 2.22. The van der Waals surface area contributed by atoms with Gasteiger partial charge in [0.1, 0.15) is 0 Å². The van der Waals surface area contributed by atoms with E-state index in [4.69, 9.17) is 0 Å². The molecule has 1 fully saturated rings. The molecule has 1 aromatic rings. The zero-order chi connectivity index (χ0) is 17.0. The van der Waals surface area contributed by atoms with Crippen LogP contribution in [0.1, 0.15) is 18.1 Å². The van der Waals surface area contributed by atoms with Gasteiger partial charge in [-0.2, -0.15) is 0 Å². The predicted molar refractivity (Wildman–Crippen MR) is 89.8 cm³/mol. The number of likely N-dealkylation sites (N-methyl/N-ethyl adjacent to an activating group) is 1. The molecule has 23 heavy (non-hydrogen) atoms. The minimum Gasteiger partial charge on any atom is -0.339 e. The third-order valence-corrected chi connectivity index (χ3v) is 5.77. The first-order chi connectivity index (χ1) is 10.8. The minimum absolute atomic E-state index is 0.173. The number of piperazine rings is 1. The molecule has 1 amide bonds. The maximum absolute atomic E-state index is 12.3. The molecule has 0 radical (unpaired) electrons. The van der Waals surface area contributed by atoms with Gasteiger partial charge in [0.15, 0.2) is 0 Å². The number of benzene rings is 1. The first kappa shape index (κ1) is 17.9. The van der Waals surface area contributed by atoms with Crippen LogP contribution in [0.5, 0.6) is 0 Å². The Kier molecular flexibility index (Phi) is 5.78. The van der Waals surface area contributed by atoms with Gasteiger partial charge in [0.2, 0.25) is 15.9 Å². The number of carbonyl (C=O) groups excluding carboxylic acids is 1. The van der Waals surface area contributed by atoms with Gasteiger partial charge >= 0.3 is 0 Å². The maximum Gasteiger partial charge on any atom is 0.241 e. The van der Waals surface area contributed by atoms with Gasteiger partial charge in [0.05, 0.1) is 11.4 Å². The molecule has 1 aliphatic rings. The second-order valence-corrected chi connectivity index (χ2v) is 7.65. The molecule has 7 heteroatoms. The van der Waals surface area contributed by atoms with E-state index in [2.05, 4.69) is 16.5 Å². The Bertz CT molecular complexity index is 665. The van der Waals surface area contributed by atoms with Crippen molar-refractivity contribution in [3.05, 3.63) is 29.3 Å². The lowest BCUT2D eigenvalue weighted by Crippen LogP contribution is -2.51. The van der Waals surface area contributed by atoms with E-state index in [0.29, 0.717) is 13.1 Å². The molecular weight excluding hydrogens is 314 g/mol. The van der Waals surface area contributed by atoms with Crippen LogP contribution in [0.4, 0.5) is 0 Å². The molecule has 0 atom stereocenters. The van der Waals surface area contributed by atoms with Gasteiger partial charge in [0.25, 0.3) is 0 Å². The smallest absolute Gasteiger partial charge is 0.241 e. The lowest BCUT2D eigenvalue weighted by atomic mass is 10.1. The fourth-order valence-corrected chi connectivity index (χ4v) is 3.61. The Balaban J connectivity index is 1.94. The summed E-state index contributed by atoms with van der Waals surface area (Å²) in [6, 6.07) is 4.97. The Morgan fingerprint density at radius 1 is 1.13 bits per heavy atom. The Labute approximate surface area is 138 Å². The number of rotatable bonds is 5. The normalized spacial score (nSPS) is 16.6. The van der Waals surface area contributed by atoms with Crippen LogP contribution in [-0.4, -0.2) is 63.4 Å². The SMILES string of the molecule is CCN1CCN(C(=O)CNS(=O)(=O)c2ccc(C)c(C)c2)CC1. The molecule has 0 aromatic heterocycles. The summed E-state index contributed by atoms with van der Waals surface area (Å²) in [6.07, 6.45) is 0. The third-order valence-electron chi connectivity index (χ3n) is 4.37. The van der Waals surface area contributed by atoms with Gasteiger partial charge in [-0.15, -0.1) is 0 Å². The van der Waals surface area contributed by atoms with E-state index >= 15 is 0 Å². The number of nitrogens with one attached hydrogen (secondary N) is 1. The van der Waals surface area contributed by atoms with Crippen molar-refractivity contribution < 1.29 is 13.2 Å². The van der Waals surface area contributed by atoms with Crippen molar-refractivity contribution in [2.24, 2.45) is 0 Å². The zero-order valence-corrected chi connectivity index (χ0v) is 14.8. The van der Waals surface area contributed by atoms with Gasteiger partial charge in [-0.25, -0.2) is 13.1 Å². The Hall–Kier alpha value is -1.44. The minimum atomic E-state index is -3.66. The average molecular weight is 339 g/mol. The lowest BCUT2D eigenvalue weighted by Gasteiger charge is -2.34. The van der Waals surface area contributed by atoms with Crippen molar-refractivity contribution in [1.29, 1.82) is 0 Å². The van der Waals surface area contributed by atoms with Crippen LogP contribution in [0.15, 0.2) is 23.1 Å². The first-order valence-electron chi connectivity index (χ1n) is 7.90. The first-order valence-corrected chi connectivity index (χ1v) is 9.39. The summed E-state index contributed by atoms with van der Waals surface area (Å²) in [5.74, 6) is -0.173. The largest absolute Gasteiger partial charge is 0.339 e. The molecule has 0 bridgehead atoms. The molecule has 0 unspecified atom stereocenters. The van der Waals surface area contributed by atoms with Crippen LogP contribution < -0.4 is 4.72 Å². The van der Waals surface area contributed by atoms with Gasteiger partial charge in [-0.1, -0.05) is 13.0 Å². The molecule has 1 aliphatic heterocycles. The third kappa shape index (κ3) is 4.53. The second kappa shape index (κ2) is 7.42. The van der Waals surface area contributed by atoms with E-state index in [1.807, 2.05) is 13.8 Å². The van der Waals surface area contributed by atoms with E-state index in [-0.39, 0.29) is 17.3 Å². The molecule has 0 saturated carbocycles. The number of nitrogens with zero attached hydrogens (tertiary/aromatic N) is 2. The fourth-order valence-electron chi connectivity index (χ4n) is 2.55. The van der Waals surface area contributed by atoms with Crippen LogP contribution in [0.2, 0.25) is 0 Å².